The quantitative estimate of drug-likeness (QED) is 0.780. The van der Waals surface area contributed by atoms with Crippen molar-refractivity contribution in [1.82, 2.24) is 15.2 Å². The number of rotatable bonds is 8. The van der Waals surface area contributed by atoms with Crippen molar-refractivity contribution in [2.24, 2.45) is 0 Å². The normalized spacial score (nSPS) is 15.4. The number of hydrogen-bond donors (Lipinski definition) is 1. The first-order valence-corrected chi connectivity index (χ1v) is 7.61. The molecule has 1 fully saturated rings. The Balaban J connectivity index is 1.92. The molecule has 19 heavy (non-hydrogen) atoms. The van der Waals surface area contributed by atoms with Crippen LogP contribution in [0.15, 0.2) is 18.2 Å². The zero-order valence-electron chi connectivity index (χ0n) is 12.5. The van der Waals surface area contributed by atoms with Crippen LogP contribution in [-0.2, 0) is 13.1 Å². The molecule has 0 bridgehead atoms. The molecule has 1 aliphatic rings. The van der Waals surface area contributed by atoms with Gasteiger partial charge in [0, 0.05) is 25.2 Å². The van der Waals surface area contributed by atoms with Gasteiger partial charge in [-0.2, -0.15) is 0 Å². The van der Waals surface area contributed by atoms with Crippen LogP contribution in [0.4, 0.5) is 0 Å². The third-order valence-corrected chi connectivity index (χ3v) is 3.62. The maximum absolute atomic E-state index is 4.77. The SMILES string of the molecule is CCCN(Cc1cccc(CNC2CC2)n1)C(C)C. The number of nitrogens with zero attached hydrogens (tertiary/aromatic N) is 2. The van der Waals surface area contributed by atoms with E-state index in [4.69, 9.17) is 4.98 Å². The maximum atomic E-state index is 4.77. The van der Waals surface area contributed by atoms with E-state index in [1.807, 2.05) is 0 Å². The van der Waals surface area contributed by atoms with Gasteiger partial charge in [0.25, 0.3) is 0 Å². The fourth-order valence-corrected chi connectivity index (χ4v) is 2.27. The van der Waals surface area contributed by atoms with E-state index >= 15 is 0 Å². The summed E-state index contributed by atoms with van der Waals surface area (Å²) in [6.45, 7) is 9.77. The average Bonchev–Trinajstić information content (AvgIpc) is 3.20. The molecule has 0 spiro atoms. The molecule has 1 heterocycles. The van der Waals surface area contributed by atoms with E-state index in [2.05, 4.69) is 49.2 Å². The molecule has 3 nitrogen and oxygen atoms in total. The average molecular weight is 261 g/mol. The van der Waals surface area contributed by atoms with Crippen LogP contribution in [0.1, 0.15) is 51.4 Å². The summed E-state index contributed by atoms with van der Waals surface area (Å²) < 4.78 is 0. The largest absolute Gasteiger partial charge is 0.308 e. The molecule has 1 aromatic rings. The molecule has 2 rings (SSSR count). The Morgan fingerprint density at radius 3 is 2.68 bits per heavy atom. The molecule has 0 aromatic carbocycles. The molecule has 1 saturated carbocycles. The van der Waals surface area contributed by atoms with Gasteiger partial charge in [0.05, 0.1) is 11.4 Å². The number of hydrogen-bond acceptors (Lipinski definition) is 3. The summed E-state index contributed by atoms with van der Waals surface area (Å²) in [5.41, 5.74) is 2.36. The van der Waals surface area contributed by atoms with Crippen molar-refractivity contribution < 1.29 is 0 Å². The lowest BCUT2D eigenvalue weighted by molar-refractivity contribution is 0.210. The minimum atomic E-state index is 0.579. The Labute approximate surface area is 117 Å². The second-order valence-corrected chi connectivity index (χ2v) is 5.84. The fraction of sp³-hybridized carbons (Fsp3) is 0.688. The first kappa shape index (κ1) is 14.5. The lowest BCUT2D eigenvalue weighted by atomic mass is 10.2. The highest BCUT2D eigenvalue weighted by Gasteiger charge is 2.20. The summed E-state index contributed by atoms with van der Waals surface area (Å²) in [7, 11) is 0. The van der Waals surface area contributed by atoms with E-state index in [0.717, 1.165) is 25.7 Å². The third-order valence-electron chi connectivity index (χ3n) is 3.62. The highest BCUT2D eigenvalue weighted by molar-refractivity contribution is 5.11. The van der Waals surface area contributed by atoms with Gasteiger partial charge in [0.2, 0.25) is 0 Å². The number of pyridine rings is 1. The van der Waals surface area contributed by atoms with E-state index in [1.54, 1.807) is 0 Å². The predicted molar refractivity (Wildman–Crippen MR) is 79.9 cm³/mol. The summed E-state index contributed by atoms with van der Waals surface area (Å²) >= 11 is 0. The molecule has 106 valence electrons. The highest BCUT2D eigenvalue weighted by atomic mass is 15.1. The van der Waals surface area contributed by atoms with Crippen LogP contribution >= 0.6 is 0 Å². The molecular formula is C16H27N3. The van der Waals surface area contributed by atoms with Gasteiger partial charge < -0.3 is 5.32 Å². The third kappa shape index (κ3) is 4.92. The molecule has 0 amide bonds. The van der Waals surface area contributed by atoms with Gasteiger partial charge in [-0.1, -0.05) is 13.0 Å². The molecule has 1 aromatic heterocycles. The van der Waals surface area contributed by atoms with Gasteiger partial charge in [0.1, 0.15) is 0 Å². The van der Waals surface area contributed by atoms with Gasteiger partial charge in [-0.3, -0.25) is 9.88 Å². The summed E-state index contributed by atoms with van der Waals surface area (Å²) in [5.74, 6) is 0. The van der Waals surface area contributed by atoms with Crippen molar-refractivity contribution in [3.05, 3.63) is 29.6 Å². The van der Waals surface area contributed by atoms with Crippen molar-refractivity contribution in [2.75, 3.05) is 6.54 Å². The summed E-state index contributed by atoms with van der Waals surface area (Å²) in [6.07, 6.45) is 3.86. The van der Waals surface area contributed by atoms with Crippen molar-refractivity contribution in [3.8, 4) is 0 Å². The Bertz CT molecular complexity index is 385. The second-order valence-electron chi connectivity index (χ2n) is 5.84. The smallest absolute Gasteiger partial charge is 0.0547 e. The minimum Gasteiger partial charge on any atom is -0.308 e. The van der Waals surface area contributed by atoms with Crippen molar-refractivity contribution in [1.29, 1.82) is 0 Å². The molecule has 0 aliphatic heterocycles. The molecule has 0 saturated heterocycles. The number of nitrogens with one attached hydrogen (secondary N) is 1. The lowest BCUT2D eigenvalue weighted by Crippen LogP contribution is -2.31. The van der Waals surface area contributed by atoms with E-state index in [0.29, 0.717) is 6.04 Å². The van der Waals surface area contributed by atoms with Gasteiger partial charge in [-0.25, -0.2) is 0 Å². The van der Waals surface area contributed by atoms with Gasteiger partial charge >= 0.3 is 0 Å². The van der Waals surface area contributed by atoms with Crippen molar-refractivity contribution in [2.45, 2.75) is 65.2 Å². The van der Waals surface area contributed by atoms with Crippen LogP contribution < -0.4 is 5.32 Å². The van der Waals surface area contributed by atoms with Crippen LogP contribution in [0, 0.1) is 0 Å². The standard InChI is InChI=1S/C16H27N3/c1-4-10-19(13(2)3)12-16-7-5-6-15(18-16)11-17-14-8-9-14/h5-7,13-14,17H,4,8-12H2,1-3H3. The van der Waals surface area contributed by atoms with E-state index in [-0.39, 0.29) is 0 Å². The van der Waals surface area contributed by atoms with E-state index in [1.165, 1.54) is 30.7 Å². The van der Waals surface area contributed by atoms with Crippen LogP contribution in [-0.4, -0.2) is 28.5 Å². The van der Waals surface area contributed by atoms with Gasteiger partial charge in [0.15, 0.2) is 0 Å². The van der Waals surface area contributed by atoms with Crippen LogP contribution in [0.2, 0.25) is 0 Å². The Morgan fingerprint density at radius 2 is 2.05 bits per heavy atom. The topological polar surface area (TPSA) is 28.2 Å². The monoisotopic (exact) mass is 261 g/mol. The van der Waals surface area contributed by atoms with Crippen molar-refractivity contribution in [3.63, 3.8) is 0 Å². The van der Waals surface area contributed by atoms with Gasteiger partial charge in [-0.05, 0) is 51.8 Å². The molecule has 0 atom stereocenters. The zero-order chi connectivity index (χ0) is 13.7. The Kier molecular flexibility index (Phi) is 5.34. The molecule has 1 aliphatic carbocycles. The molecule has 0 unspecified atom stereocenters. The predicted octanol–water partition coefficient (Wildman–Crippen LogP) is 2.95. The van der Waals surface area contributed by atoms with Gasteiger partial charge in [-0.15, -0.1) is 0 Å². The maximum Gasteiger partial charge on any atom is 0.0547 e. The highest BCUT2D eigenvalue weighted by Crippen LogP contribution is 2.19. The lowest BCUT2D eigenvalue weighted by Gasteiger charge is -2.25. The zero-order valence-corrected chi connectivity index (χ0v) is 12.5. The Morgan fingerprint density at radius 1 is 1.32 bits per heavy atom. The fourth-order valence-electron chi connectivity index (χ4n) is 2.27. The Hall–Kier alpha value is -0.930. The molecule has 1 N–H and O–H groups in total. The molecule has 0 radical (unpaired) electrons. The first-order chi connectivity index (χ1) is 9.19. The molecule has 3 heteroatoms. The van der Waals surface area contributed by atoms with Crippen LogP contribution in [0.3, 0.4) is 0 Å². The minimum absolute atomic E-state index is 0.579. The van der Waals surface area contributed by atoms with Crippen LogP contribution in [0.5, 0.6) is 0 Å². The first-order valence-electron chi connectivity index (χ1n) is 7.61. The van der Waals surface area contributed by atoms with E-state index < -0.39 is 0 Å². The second kappa shape index (κ2) is 7.01. The summed E-state index contributed by atoms with van der Waals surface area (Å²) in [5, 5.41) is 3.53. The van der Waals surface area contributed by atoms with Crippen molar-refractivity contribution >= 4 is 0 Å². The summed E-state index contributed by atoms with van der Waals surface area (Å²) in [6, 6.07) is 7.73. The van der Waals surface area contributed by atoms with Crippen LogP contribution in [0.25, 0.3) is 0 Å². The number of aromatic nitrogens is 1. The molecular weight excluding hydrogens is 234 g/mol. The summed E-state index contributed by atoms with van der Waals surface area (Å²) in [4.78, 5) is 7.26. The van der Waals surface area contributed by atoms with E-state index in [9.17, 15) is 0 Å².